The summed E-state index contributed by atoms with van der Waals surface area (Å²) < 4.78 is 0. The van der Waals surface area contributed by atoms with Crippen LogP contribution in [0.1, 0.15) is 54.4 Å². The van der Waals surface area contributed by atoms with Gasteiger partial charge in [0, 0.05) is 19.8 Å². The lowest BCUT2D eigenvalue weighted by atomic mass is 10.1. The van der Waals surface area contributed by atoms with E-state index < -0.39 is 0 Å². The number of rotatable bonds is 0. The third-order valence-electron chi connectivity index (χ3n) is 2.51. The molecule has 2 rings (SSSR count). The van der Waals surface area contributed by atoms with Gasteiger partial charge in [0.25, 0.3) is 0 Å². The van der Waals surface area contributed by atoms with Crippen molar-refractivity contribution in [1.29, 1.82) is 0 Å². The number of carbonyl (C=O) groups is 1. The minimum atomic E-state index is -0.224. The Bertz CT molecular complexity index is 521. The number of hydrogen-bond acceptors (Lipinski definition) is 6. The molecule has 0 saturated heterocycles. The van der Waals surface area contributed by atoms with Gasteiger partial charge in [-0.05, 0) is 46.4 Å². The first-order valence-electron chi connectivity index (χ1n) is 6.92. The van der Waals surface area contributed by atoms with Crippen LogP contribution in [0, 0.1) is 0 Å². The maximum Gasteiger partial charge on any atom is 0.191 e. The zero-order chi connectivity index (χ0) is 17.0. The Hall–Kier alpha value is -0.860. The van der Waals surface area contributed by atoms with Gasteiger partial charge in [-0.2, -0.15) is 0 Å². The van der Waals surface area contributed by atoms with Gasteiger partial charge in [0.1, 0.15) is 21.3 Å². The monoisotopic (exact) mass is 348 g/mol. The van der Waals surface area contributed by atoms with E-state index in [1.807, 2.05) is 27.7 Å². The molecule has 8 heteroatoms. The summed E-state index contributed by atoms with van der Waals surface area (Å²) in [5.74, 6) is 0. The molecule has 0 aromatic rings. The van der Waals surface area contributed by atoms with Crippen molar-refractivity contribution < 1.29 is 19.6 Å². The summed E-state index contributed by atoms with van der Waals surface area (Å²) in [6.45, 7) is 11.0. The summed E-state index contributed by atoms with van der Waals surface area (Å²) >= 11 is 1.93. The minimum Gasteiger partial charge on any atom is -0.389 e. The Balaban J connectivity index is 0.000000220. The van der Waals surface area contributed by atoms with E-state index in [-0.39, 0.29) is 16.3 Å². The molecular weight excluding hydrogens is 324 g/mol. The smallest absolute Gasteiger partial charge is 0.191 e. The lowest BCUT2D eigenvalue weighted by molar-refractivity contribution is -0.109. The van der Waals surface area contributed by atoms with Crippen LogP contribution in [0.2, 0.25) is 0 Å². The van der Waals surface area contributed by atoms with Crippen molar-refractivity contribution in [2.75, 3.05) is 0 Å². The van der Waals surface area contributed by atoms with Crippen LogP contribution in [-0.4, -0.2) is 36.6 Å². The molecule has 126 valence electrons. The standard InChI is InChI=1S/C7H13NO2S.C7H11NO2S/c2*1-5(9)11-6-4-7(2,3)10-8-6/h9,11H,4H2,1-3H3;4H2,1-3H3. The summed E-state index contributed by atoms with van der Waals surface area (Å²) in [5.41, 5.74) is -0.407. The molecule has 0 aromatic carbocycles. The molecule has 2 aliphatic rings. The number of hydrogen-bond donors (Lipinski definition) is 2. The molecule has 0 aromatic heterocycles. The molecule has 2 heterocycles. The Kier molecular flexibility index (Phi) is 6.64. The lowest BCUT2D eigenvalue weighted by Crippen LogP contribution is -2.18. The third-order valence-corrected chi connectivity index (χ3v) is 4.07. The first kappa shape index (κ1) is 19.2. The van der Waals surface area contributed by atoms with E-state index in [4.69, 9.17) is 14.8 Å². The van der Waals surface area contributed by atoms with E-state index in [0.29, 0.717) is 5.05 Å². The van der Waals surface area contributed by atoms with Gasteiger partial charge < -0.3 is 14.8 Å². The first-order chi connectivity index (χ1) is 9.99. The molecule has 0 radical (unpaired) electrons. The molecule has 0 fully saturated rings. The van der Waals surface area contributed by atoms with E-state index in [0.717, 1.165) is 46.0 Å². The maximum absolute atomic E-state index is 10.6. The number of aliphatic hydroxyl groups is 1. The number of thioether (sulfide) groups is 1. The molecule has 0 atom stereocenters. The zero-order valence-corrected chi connectivity index (χ0v) is 15.5. The average Bonchev–Trinajstić information content (AvgIpc) is 2.80. The topological polar surface area (TPSA) is 80.5 Å². The number of aliphatic hydroxyl groups excluding tert-OH is 1. The second-order valence-corrected chi connectivity index (χ2v) is 8.94. The second-order valence-electron chi connectivity index (χ2n) is 6.30. The van der Waals surface area contributed by atoms with Crippen LogP contribution in [-0.2, 0) is 14.5 Å². The van der Waals surface area contributed by atoms with Crippen molar-refractivity contribution in [1.82, 2.24) is 0 Å². The number of nitrogens with zero attached hydrogens (tertiary/aromatic N) is 2. The van der Waals surface area contributed by atoms with Gasteiger partial charge in [-0.3, -0.25) is 4.79 Å². The zero-order valence-electron chi connectivity index (χ0n) is 13.8. The van der Waals surface area contributed by atoms with E-state index in [1.54, 1.807) is 6.92 Å². The number of oxime groups is 2. The summed E-state index contributed by atoms with van der Waals surface area (Å²) in [5, 5.41) is 18.7. The van der Waals surface area contributed by atoms with Crippen molar-refractivity contribution >= 4 is 43.4 Å². The van der Waals surface area contributed by atoms with Crippen molar-refractivity contribution in [3.05, 3.63) is 0 Å². The van der Waals surface area contributed by atoms with Crippen LogP contribution in [0.15, 0.2) is 10.3 Å². The van der Waals surface area contributed by atoms with Gasteiger partial charge in [-0.1, -0.05) is 10.3 Å². The molecule has 0 bridgehead atoms. The van der Waals surface area contributed by atoms with Crippen LogP contribution >= 0.6 is 23.1 Å². The molecular formula is C14H24N2O4S2. The SMILES string of the molecule is CC(=O)SC1=NOC(C)(C)C1.CC(O)=[SH]C1=NOC(C)(C)C1. The molecule has 0 unspecified atom stereocenters. The van der Waals surface area contributed by atoms with E-state index >= 15 is 0 Å². The van der Waals surface area contributed by atoms with Gasteiger partial charge in [0.15, 0.2) is 5.12 Å². The minimum absolute atomic E-state index is 0.0602. The fourth-order valence-corrected chi connectivity index (χ4v) is 3.43. The van der Waals surface area contributed by atoms with Crippen LogP contribution in [0.25, 0.3) is 0 Å². The fourth-order valence-electron chi connectivity index (χ4n) is 1.69. The summed E-state index contributed by atoms with van der Waals surface area (Å²) in [4.78, 5) is 20.8. The van der Waals surface area contributed by atoms with Gasteiger partial charge in [-0.15, -0.1) is 11.4 Å². The van der Waals surface area contributed by atoms with Crippen molar-refractivity contribution in [3.8, 4) is 0 Å². The molecule has 2 aliphatic heterocycles. The molecule has 6 nitrogen and oxygen atoms in total. The van der Waals surface area contributed by atoms with Gasteiger partial charge in [-0.25, -0.2) is 0 Å². The highest BCUT2D eigenvalue weighted by atomic mass is 32.2. The first-order valence-corrected chi connectivity index (χ1v) is 8.63. The Morgan fingerprint density at radius 3 is 2.05 bits per heavy atom. The lowest BCUT2D eigenvalue weighted by Gasteiger charge is -2.12. The second kappa shape index (κ2) is 7.61. The summed E-state index contributed by atoms with van der Waals surface area (Å²) in [6.07, 6.45) is 1.53. The van der Waals surface area contributed by atoms with E-state index in [1.165, 1.54) is 6.92 Å². The van der Waals surface area contributed by atoms with Crippen LogP contribution in [0.5, 0.6) is 0 Å². The predicted molar refractivity (Wildman–Crippen MR) is 95.0 cm³/mol. The Labute approximate surface area is 139 Å². The highest BCUT2D eigenvalue weighted by Gasteiger charge is 2.29. The predicted octanol–water partition coefficient (Wildman–Crippen LogP) is 3.45. The van der Waals surface area contributed by atoms with Crippen molar-refractivity contribution in [2.24, 2.45) is 10.3 Å². The van der Waals surface area contributed by atoms with Crippen LogP contribution in [0.3, 0.4) is 0 Å². The van der Waals surface area contributed by atoms with Gasteiger partial charge in [0.05, 0.1) is 5.05 Å². The van der Waals surface area contributed by atoms with Crippen LogP contribution < -0.4 is 0 Å². The fraction of sp³-hybridized carbons (Fsp3) is 0.714. The van der Waals surface area contributed by atoms with E-state index in [9.17, 15) is 4.79 Å². The Morgan fingerprint density at radius 2 is 1.68 bits per heavy atom. The van der Waals surface area contributed by atoms with Crippen LogP contribution in [0.4, 0.5) is 0 Å². The number of carbonyl (C=O) groups excluding carboxylic acids is 1. The van der Waals surface area contributed by atoms with Crippen molar-refractivity contribution in [3.63, 3.8) is 0 Å². The summed E-state index contributed by atoms with van der Waals surface area (Å²) in [6, 6.07) is 0. The van der Waals surface area contributed by atoms with Crippen molar-refractivity contribution in [2.45, 2.75) is 65.6 Å². The molecule has 1 N–H and O–H groups in total. The molecule has 22 heavy (non-hydrogen) atoms. The molecule has 0 aliphatic carbocycles. The highest BCUT2D eigenvalue weighted by Crippen LogP contribution is 2.27. The maximum atomic E-state index is 10.6. The normalized spacial score (nSPS) is 22.2. The number of thiol groups is 1. The quantitative estimate of drug-likeness (QED) is 0.518. The summed E-state index contributed by atoms with van der Waals surface area (Å²) in [7, 11) is 0. The van der Waals surface area contributed by atoms with Gasteiger partial charge in [0.2, 0.25) is 0 Å². The van der Waals surface area contributed by atoms with E-state index in [2.05, 4.69) is 10.3 Å². The van der Waals surface area contributed by atoms with Gasteiger partial charge >= 0.3 is 0 Å². The average molecular weight is 348 g/mol. The third kappa shape index (κ3) is 7.42. The molecule has 0 spiro atoms. The Morgan fingerprint density at radius 1 is 1.14 bits per heavy atom. The molecule has 0 saturated carbocycles. The highest BCUT2D eigenvalue weighted by molar-refractivity contribution is 8.26. The molecule has 0 amide bonds. The largest absolute Gasteiger partial charge is 0.389 e.